The molecule has 0 unspecified atom stereocenters. The number of unbranched alkanes of at least 4 members (excludes halogenated alkanes) is 20. The Morgan fingerprint density at radius 1 is 0.426 bits per heavy atom. The fourth-order valence-electron chi connectivity index (χ4n) is 6.54. The Bertz CT molecular complexity index is 1020. The topological polar surface area (TPSA) is 132 Å². The molecule has 1 aromatic carbocycles. The molecule has 0 heterocycles. The lowest BCUT2D eigenvalue weighted by atomic mass is 9.85. The first-order valence-electron chi connectivity index (χ1n) is 19.2. The van der Waals surface area contributed by atoms with E-state index in [-0.39, 0.29) is 5.75 Å². The second-order valence-corrected chi connectivity index (χ2v) is 16.7. The van der Waals surface area contributed by atoms with Gasteiger partial charge in [0.15, 0.2) is 0 Å². The van der Waals surface area contributed by atoms with Gasteiger partial charge in [-0.3, -0.25) is 0 Å². The molecule has 0 atom stereocenters. The quantitative estimate of drug-likeness (QED) is 0.0360. The Balaban J connectivity index is 0.00000391. The van der Waals surface area contributed by atoms with Crippen molar-refractivity contribution in [1.82, 2.24) is 0 Å². The predicted octanol–water partition coefficient (Wildman–Crippen LogP) is 12.4. The highest BCUT2D eigenvalue weighted by molar-refractivity contribution is 14.2. The number of halogens is 1. The van der Waals surface area contributed by atoms with E-state index in [1.54, 1.807) is 0 Å². The Labute approximate surface area is 295 Å². The van der Waals surface area contributed by atoms with Gasteiger partial charge in [-0.25, -0.2) is 10.7 Å². The van der Waals surface area contributed by atoms with Crippen LogP contribution in [0.2, 0.25) is 0 Å². The third-order valence-corrected chi connectivity index (χ3v) is 11.2. The van der Waals surface area contributed by atoms with Gasteiger partial charge in [-0.15, -0.1) is 0 Å². The summed E-state index contributed by atoms with van der Waals surface area (Å²) in [6.07, 6.45) is 33.0. The van der Waals surface area contributed by atoms with Crippen molar-refractivity contribution in [3.05, 3.63) is 25.8 Å². The van der Waals surface area contributed by atoms with Crippen molar-refractivity contribution in [3.8, 4) is 5.75 Å². The van der Waals surface area contributed by atoms with Crippen molar-refractivity contribution in [3.63, 3.8) is 0 Å². The van der Waals surface area contributed by atoms with Crippen LogP contribution in [0.1, 0.15) is 204 Å². The molecule has 0 amide bonds. The smallest absolute Gasteiger partial charge is 0.466 e. The molecule has 9 heteroatoms. The van der Waals surface area contributed by atoms with E-state index in [0.717, 1.165) is 75.3 Å². The van der Waals surface area contributed by atoms with Crippen LogP contribution >= 0.6 is 27.6 Å². The number of benzene rings is 1. The molecule has 0 saturated heterocycles. The van der Waals surface area contributed by atoms with E-state index in [9.17, 15) is 11.2 Å². The zero-order chi connectivity index (χ0) is 35.3. The maximum Gasteiger partial charge on any atom is 0.466 e. The van der Waals surface area contributed by atoms with Crippen LogP contribution in [0.4, 0.5) is 0 Å². The van der Waals surface area contributed by atoms with Crippen LogP contribution in [-0.2, 0) is 36.4 Å². The van der Waals surface area contributed by atoms with Crippen molar-refractivity contribution >= 4 is 27.6 Å². The Morgan fingerprint density at radius 2 is 0.660 bits per heavy atom. The SMILES string of the molecule is CCCCCCCCc1c(O)c(I(=O)=O)c(CCCCCCCC)c(CCCCCCCC)c1CCCCCCCC.O=P(O)(O)O. The Hall–Kier alpha value is -0.540. The minimum atomic E-state index is -4.64. The molecule has 4 N–H and O–H groups in total. The summed E-state index contributed by atoms with van der Waals surface area (Å²) in [4.78, 5) is 21.6. The summed E-state index contributed by atoms with van der Waals surface area (Å²) in [5.74, 6) is 0.146. The standard InChI is InChI=1S/C38H69IO3.H3O4P/c1-5-9-13-17-21-25-29-33-34(30-26-22-18-14-10-6-2)36(32-28-24-20-16-12-8-4)38(40)37(39(41)42)35(33)31-27-23-19-15-11-7-3;1-5(2,3)4/h40H,5-32H2,1-4H3;(H3,1,2,3,4). The first-order valence-corrected chi connectivity index (χ1v) is 23.7. The fourth-order valence-corrected chi connectivity index (χ4v) is 8.41. The average Bonchev–Trinajstić information content (AvgIpc) is 3.00. The Kier molecular flexibility index (Phi) is 29.9. The summed E-state index contributed by atoms with van der Waals surface area (Å²) < 4.78 is 35.0. The number of hydrogen-bond donors (Lipinski definition) is 4. The van der Waals surface area contributed by atoms with Gasteiger partial charge >= 0.3 is 27.6 Å². The van der Waals surface area contributed by atoms with Gasteiger partial charge in [0.05, 0.1) is 0 Å². The number of phosphoric acid groups is 1. The molecule has 1 rings (SSSR count). The number of phenols is 1. The van der Waals surface area contributed by atoms with Gasteiger partial charge in [-0.2, -0.15) is 0 Å². The maximum atomic E-state index is 12.9. The van der Waals surface area contributed by atoms with Crippen molar-refractivity contribution in [1.29, 1.82) is 0 Å². The van der Waals surface area contributed by atoms with Gasteiger partial charge in [0.2, 0.25) is 0 Å². The Morgan fingerprint density at radius 3 is 0.957 bits per heavy atom. The van der Waals surface area contributed by atoms with Gasteiger partial charge in [0, 0.05) is 0 Å². The molecule has 0 aliphatic carbocycles. The first-order chi connectivity index (χ1) is 22.5. The van der Waals surface area contributed by atoms with Crippen LogP contribution in [0.25, 0.3) is 0 Å². The second kappa shape index (κ2) is 30.3. The molecule has 278 valence electrons. The summed E-state index contributed by atoms with van der Waals surface area (Å²) in [7, 11) is -4.64. The molecule has 0 aliphatic heterocycles. The van der Waals surface area contributed by atoms with Crippen LogP contribution < -0.4 is 0 Å². The molecular formula is C38H72IO7P. The van der Waals surface area contributed by atoms with Crippen molar-refractivity contribution in [2.75, 3.05) is 0 Å². The summed E-state index contributed by atoms with van der Waals surface area (Å²) in [6.45, 7) is 9.02. The number of hydrogen-bond acceptors (Lipinski definition) is 4. The second-order valence-electron chi connectivity index (χ2n) is 13.4. The zero-order valence-corrected chi connectivity index (χ0v) is 33.7. The summed E-state index contributed by atoms with van der Waals surface area (Å²) in [6, 6.07) is 0. The number of aromatic hydroxyl groups is 1. The third kappa shape index (κ3) is 24.3. The van der Waals surface area contributed by atoms with E-state index in [2.05, 4.69) is 27.7 Å². The van der Waals surface area contributed by atoms with Gasteiger partial charge in [0.1, 0.15) is 9.32 Å². The van der Waals surface area contributed by atoms with Gasteiger partial charge in [-0.05, 0) is 73.6 Å². The maximum absolute atomic E-state index is 12.9. The molecule has 7 nitrogen and oxygen atoms in total. The van der Waals surface area contributed by atoms with Crippen LogP contribution in [0.3, 0.4) is 0 Å². The minimum absolute atomic E-state index is 0.146. The monoisotopic (exact) mass is 798 g/mol. The average molecular weight is 799 g/mol. The van der Waals surface area contributed by atoms with Gasteiger partial charge in [-0.1, -0.05) is 156 Å². The largest absolute Gasteiger partial charge is 0.506 e. The highest BCUT2D eigenvalue weighted by Gasteiger charge is 2.25. The van der Waals surface area contributed by atoms with Crippen LogP contribution in [0, 0.1) is 3.57 Å². The van der Waals surface area contributed by atoms with E-state index in [4.69, 9.17) is 19.2 Å². The van der Waals surface area contributed by atoms with E-state index < -0.39 is 27.6 Å². The van der Waals surface area contributed by atoms with Crippen molar-refractivity contribution < 1.29 is 30.5 Å². The lowest BCUT2D eigenvalue weighted by Crippen LogP contribution is -2.10. The molecule has 0 fully saturated rings. The molecule has 0 aliphatic rings. The summed E-state index contributed by atoms with van der Waals surface area (Å²) in [5.41, 5.74) is 4.68. The predicted molar refractivity (Wildman–Crippen MR) is 205 cm³/mol. The molecule has 0 saturated carbocycles. The molecular weight excluding hydrogens is 726 g/mol. The fraction of sp³-hybridized carbons (Fsp3) is 0.842. The molecule has 0 bridgehead atoms. The minimum Gasteiger partial charge on any atom is -0.506 e. The van der Waals surface area contributed by atoms with E-state index >= 15 is 0 Å². The van der Waals surface area contributed by atoms with Crippen LogP contribution in [0.5, 0.6) is 5.75 Å². The third-order valence-electron chi connectivity index (χ3n) is 9.13. The molecule has 0 radical (unpaired) electrons. The van der Waals surface area contributed by atoms with Crippen LogP contribution in [-0.4, -0.2) is 19.8 Å². The van der Waals surface area contributed by atoms with Gasteiger partial charge < -0.3 is 19.8 Å². The number of phenolic OH excluding ortho intramolecular Hbond substituents is 1. The zero-order valence-electron chi connectivity index (χ0n) is 30.6. The van der Waals surface area contributed by atoms with Crippen molar-refractivity contribution in [2.24, 2.45) is 0 Å². The molecule has 0 spiro atoms. The highest BCUT2D eigenvalue weighted by Crippen LogP contribution is 2.42. The van der Waals surface area contributed by atoms with E-state index in [1.807, 2.05) is 0 Å². The normalized spacial score (nSPS) is 11.7. The van der Waals surface area contributed by atoms with Gasteiger partial charge in [0.25, 0.3) is 0 Å². The summed E-state index contributed by atoms with van der Waals surface area (Å²) >= 11 is -3.86. The molecule has 0 aromatic heterocycles. The lowest BCUT2D eigenvalue weighted by Gasteiger charge is -2.23. The molecule has 47 heavy (non-hydrogen) atoms. The van der Waals surface area contributed by atoms with E-state index in [1.165, 1.54) is 127 Å². The van der Waals surface area contributed by atoms with E-state index in [0.29, 0.717) is 3.57 Å². The van der Waals surface area contributed by atoms with Crippen LogP contribution in [0.15, 0.2) is 0 Å². The highest BCUT2D eigenvalue weighted by atomic mass is 127. The first kappa shape index (κ1) is 46.5. The lowest BCUT2D eigenvalue weighted by molar-refractivity contribution is 0.275. The van der Waals surface area contributed by atoms with Crippen molar-refractivity contribution in [2.45, 2.75) is 207 Å². The summed E-state index contributed by atoms with van der Waals surface area (Å²) in [5, 5.41) is 11.6. The molecule has 1 aromatic rings. The number of rotatable bonds is 29.